The fraction of sp³-hybridized carbons (Fsp3) is 0.375. The maximum atomic E-state index is 6.15. The molecule has 2 nitrogen and oxygen atoms in total. The van der Waals surface area contributed by atoms with E-state index in [2.05, 4.69) is 105 Å². The molecular weight excluding hydrogens is 607 g/mol. The van der Waals surface area contributed by atoms with Gasteiger partial charge in [0.1, 0.15) is 0 Å². The number of hydrogen-bond donors (Lipinski definition) is 0. The molecule has 4 unspecified atom stereocenters. The van der Waals surface area contributed by atoms with Gasteiger partial charge in [0.2, 0.25) is 0 Å². The summed E-state index contributed by atoms with van der Waals surface area (Å²) in [4.78, 5) is 0. The summed E-state index contributed by atoms with van der Waals surface area (Å²) in [5.74, 6) is 0. The van der Waals surface area contributed by atoms with Crippen LogP contribution >= 0.6 is 24.8 Å². The Balaban J connectivity index is 0.00000168. The van der Waals surface area contributed by atoms with Gasteiger partial charge in [-0.05, 0) is 0 Å². The van der Waals surface area contributed by atoms with Crippen LogP contribution in [0.4, 0.5) is 0 Å². The molecule has 6 heteroatoms. The van der Waals surface area contributed by atoms with Gasteiger partial charge in [-0.15, -0.1) is 24.8 Å². The molecule has 2 aliphatic carbocycles. The predicted molar refractivity (Wildman–Crippen MR) is 165 cm³/mol. The molecule has 0 spiro atoms. The molecule has 2 heterocycles. The summed E-state index contributed by atoms with van der Waals surface area (Å²) in [5.41, 5.74) is 11.1. The molecule has 0 saturated carbocycles. The van der Waals surface area contributed by atoms with Crippen molar-refractivity contribution in [3.05, 3.63) is 106 Å². The van der Waals surface area contributed by atoms with Crippen molar-refractivity contribution in [2.24, 2.45) is 0 Å². The standard InChI is InChI=1S/2C15H15O.2CH3.2ClH.H2Si.Zr/c2*1-11-9-12-5-3-6-14(13(12)10-11)15(2)7-4-8-16-15;;;;;;/h2*3-6,8-10H,7H2,1-2H3;2*1H3;2*1H;1H2;. The Morgan fingerprint density at radius 3 is 1.47 bits per heavy atom. The van der Waals surface area contributed by atoms with Gasteiger partial charge in [-0.25, -0.2) is 0 Å². The summed E-state index contributed by atoms with van der Waals surface area (Å²) < 4.78 is 18.7. The molecule has 0 radical (unpaired) electrons. The van der Waals surface area contributed by atoms with E-state index >= 15 is 0 Å². The van der Waals surface area contributed by atoms with E-state index in [1.165, 1.54) is 44.5 Å². The Hall–Kier alpha value is -1.32. The molecule has 2 aliphatic heterocycles. The van der Waals surface area contributed by atoms with E-state index in [9.17, 15) is 0 Å². The van der Waals surface area contributed by atoms with E-state index in [4.69, 9.17) is 9.47 Å². The van der Waals surface area contributed by atoms with Crippen LogP contribution in [0.1, 0.15) is 81.2 Å². The first-order chi connectivity index (χ1) is 16.9. The van der Waals surface area contributed by atoms with Crippen LogP contribution in [0, 0.1) is 0 Å². The van der Waals surface area contributed by atoms with Crippen molar-refractivity contribution in [3.63, 3.8) is 0 Å². The van der Waals surface area contributed by atoms with Gasteiger partial charge in [0.05, 0.1) is 0 Å². The Kier molecular flexibility index (Phi) is 7.53. The minimum atomic E-state index is -3.53. The van der Waals surface area contributed by atoms with Crippen LogP contribution in [-0.2, 0) is 38.1 Å². The number of hydrogen-bond acceptors (Lipinski definition) is 2. The second-order valence-corrected chi connectivity index (χ2v) is 43.5. The fourth-order valence-corrected chi connectivity index (χ4v) is 29.3. The Labute approximate surface area is 243 Å². The van der Waals surface area contributed by atoms with E-state index in [0.717, 1.165) is 12.8 Å². The molecule has 2 aromatic carbocycles. The van der Waals surface area contributed by atoms with Crippen molar-refractivity contribution in [2.75, 3.05) is 0 Å². The number of rotatable bonds is 4. The van der Waals surface area contributed by atoms with E-state index in [1.54, 1.807) is 0 Å². The first-order valence-electron chi connectivity index (χ1n) is 13.3. The Bertz CT molecular complexity index is 1370. The van der Waals surface area contributed by atoms with Crippen LogP contribution in [0.25, 0.3) is 12.2 Å². The quantitative estimate of drug-likeness (QED) is 0.309. The third kappa shape index (κ3) is 4.21. The molecule has 4 aliphatic rings. The Morgan fingerprint density at radius 2 is 1.13 bits per heavy atom. The van der Waals surface area contributed by atoms with Crippen LogP contribution in [0.5, 0.6) is 0 Å². The SMILES string of the molecule is CC1=Cc2c(cccc2C2(C)CC=CO2)[CH]1[Zr]([CH3])([CH3])(=[SiH2])[CH]1C(C)=Cc2c1cccc2C1(C)CC=CO1.Cl.Cl. The topological polar surface area (TPSA) is 18.5 Å². The molecule has 0 bridgehead atoms. The van der Waals surface area contributed by atoms with Crippen molar-refractivity contribution < 1.29 is 26.9 Å². The average molecular weight is 647 g/mol. The van der Waals surface area contributed by atoms with Crippen LogP contribution in [0.3, 0.4) is 0 Å². The van der Waals surface area contributed by atoms with Crippen LogP contribution in [0.15, 0.2) is 72.2 Å². The van der Waals surface area contributed by atoms with Gasteiger partial charge in [-0.2, -0.15) is 0 Å². The number of allylic oxidation sites excluding steroid dienone is 2. The smallest absolute Gasteiger partial charge is 0.147 e. The molecule has 202 valence electrons. The minimum Gasteiger partial charge on any atom is -0.147 e. The van der Waals surface area contributed by atoms with Gasteiger partial charge in [-0.3, -0.25) is 0 Å². The molecule has 0 aromatic heterocycles. The normalized spacial score (nSPS) is 28.9. The minimum absolute atomic E-state index is 0. The summed E-state index contributed by atoms with van der Waals surface area (Å²) in [6.45, 7) is 11.6. The molecule has 6 rings (SSSR count). The molecular formula is C32H40Cl2O2SiZr. The first-order valence-corrected chi connectivity index (χ1v) is 27.0. The molecule has 0 saturated heterocycles. The van der Waals surface area contributed by atoms with Crippen molar-refractivity contribution in [3.8, 4) is 0 Å². The third-order valence-corrected chi connectivity index (χ3v) is 27.4. The zero-order chi connectivity index (χ0) is 25.5. The summed E-state index contributed by atoms with van der Waals surface area (Å²) in [6, 6.07) is 13.9. The number of fused-ring (bicyclic) bond motifs is 2. The van der Waals surface area contributed by atoms with Crippen molar-refractivity contribution in [1.82, 2.24) is 0 Å². The van der Waals surface area contributed by atoms with E-state index in [-0.39, 0.29) is 36.0 Å². The number of ether oxygens (including phenoxy) is 2. The third-order valence-electron chi connectivity index (χ3n) is 9.46. The fourth-order valence-electron chi connectivity index (χ4n) is 8.10. The Morgan fingerprint density at radius 1 is 0.737 bits per heavy atom. The summed E-state index contributed by atoms with van der Waals surface area (Å²) in [5, 5.41) is 0. The van der Waals surface area contributed by atoms with Gasteiger partial charge in [0.25, 0.3) is 0 Å². The average Bonchev–Trinajstić information content (AvgIpc) is 3.57. The van der Waals surface area contributed by atoms with Crippen molar-refractivity contribution in [2.45, 2.75) is 68.3 Å². The second-order valence-electron chi connectivity index (χ2n) is 13.0. The maximum absolute atomic E-state index is 6.15. The monoisotopic (exact) mass is 644 g/mol. The molecule has 38 heavy (non-hydrogen) atoms. The maximum Gasteiger partial charge on any atom is -0.147 e. The van der Waals surface area contributed by atoms with Crippen LogP contribution in [-0.4, -0.2) is 6.88 Å². The van der Waals surface area contributed by atoms with Gasteiger partial charge >= 0.3 is 220 Å². The number of halogens is 2. The molecule has 2 aromatic rings. The van der Waals surface area contributed by atoms with Crippen molar-refractivity contribution in [1.29, 1.82) is 0 Å². The summed E-state index contributed by atoms with van der Waals surface area (Å²) in [7, 11) is 0. The van der Waals surface area contributed by atoms with E-state index in [1.807, 2.05) is 12.5 Å². The van der Waals surface area contributed by atoms with Crippen molar-refractivity contribution >= 4 is 43.8 Å². The molecule has 0 amide bonds. The van der Waals surface area contributed by atoms with Gasteiger partial charge in [0.15, 0.2) is 0 Å². The van der Waals surface area contributed by atoms with E-state index in [0.29, 0.717) is 7.25 Å². The van der Waals surface area contributed by atoms with Gasteiger partial charge in [-0.1, -0.05) is 0 Å². The van der Waals surface area contributed by atoms with Gasteiger partial charge in [0, 0.05) is 0 Å². The second kappa shape index (κ2) is 9.65. The van der Waals surface area contributed by atoms with Crippen LogP contribution in [0.2, 0.25) is 9.26 Å². The predicted octanol–water partition coefficient (Wildman–Crippen LogP) is 8.78. The van der Waals surface area contributed by atoms with E-state index < -0.39 is 17.4 Å². The molecule has 0 fully saturated rings. The summed E-state index contributed by atoms with van der Waals surface area (Å²) >= 11 is -3.53. The molecule has 4 atom stereocenters. The zero-order valence-electron chi connectivity index (χ0n) is 23.3. The molecule has 0 N–H and O–H groups in total. The van der Waals surface area contributed by atoms with Crippen LogP contribution < -0.4 is 0 Å². The zero-order valence-corrected chi connectivity index (χ0v) is 28.8. The summed E-state index contributed by atoms with van der Waals surface area (Å²) in [6.07, 6.45) is 14.9. The number of benzene rings is 2. The first kappa shape index (κ1) is 29.7. The van der Waals surface area contributed by atoms with Gasteiger partial charge < -0.3 is 0 Å². The largest absolute Gasteiger partial charge is 0.147 e.